The molecule has 0 fully saturated rings. The van der Waals surface area contributed by atoms with Gasteiger partial charge in [0, 0.05) is 7.05 Å². The summed E-state index contributed by atoms with van der Waals surface area (Å²) in [4.78, 5) is 7.70. The summed E-state index contributed by atoms with van der Waals surface area (Å²) in [5.41, 5.74) is 6.85. The van der Waals surface area contributed by atoms with Crippen molar-refractivity contribution in [3.05, 3.63) is 18.1 Å². The van der Waals surface area contributed by atoms with Gasteiger partial charge >= 0.3 is 6.18 Å². The third kappa shape index (κ3) is 3.74. The molecular formula is C11H13F3N6O. The zero-order valence-corrected chi connectivity index (χ0v) is 11.3. The minimum absolute atomic E-state index is 0.0671. The summed E-state index contributed by atoms with van der Waals surface area (Å²) in [5, 5.41) is 6.85. The van der Waals surface area contributed by atoms with E-state index in [2.05, 4.69) is 25.1 Å². The van der Waals surface area contributed by atoms with Gasteiger partial charge in [0.1, 0.15) is 5.69 Å². The summed E-state index contributed by atoms with van der Waals surface area (Å²) in [6.07, 6.45) is -1.75. The molecule has 10 heteroatoms. The normalized spacial score (nSPS) is 11.5. The second-order valence-corrected chi connectivity index (χ2v) is 4.25. The standard InChI is InChI=1S/C11H13F3N6O/c1-6-8(4-17-20(6)2)18-10-16-3-7(15)9(19-10)21-5-11(12,13)14/h3-4H,5,15H2,1-2H3,(H,16,18,19). The molecule has 0 aliphatic carbocycles. The van der Waals surface area contributed by atoms with Crippen LogP contribution in [0.4, 0.5) is 30.5 Å². The Hall–Kier alpha value is -2.52. The summed E-state index contributed by atoms with van der Waals surface area (Å²) in [7, 11) is 1.75. The van der Waals surface area contributed by atoms with Gasteiger partial charge in [0.25, 0.3) is 0 Å². The van der Waals surface area contributed by atoms with E-state index in [4.69, 9.17) is 5.73 Å². The summed E-state index contributed by atoms with van der Waals surface area (Å²) < 4.78 is 42.6. The number of halogens is 3. The fourth-order valence-corrected chi connectivity index (χ4v) is 1.44. The van der Waals surface area contributed by atoms with Gasteiger partial charge < -0.3 is 15.8 Å². The number of alkyl halides is 3. The van der Waals surface area contributed by atoms with E-state index in [-0.39, 0.29) is 17.5 Å². The van der Waals surface area contributed by atoms with E-state index in [0.29, 0.717) is 5.69 Å². The predicted octanol–water partition coefficient (Wildman–Crippen LogP) is 1.79. The van der Waals surface area contributed by atoms with Crippen molar-refractivity contribution in [1.82, 2.24) is 19.7 Å². The minimum atomic E-state index is -4.47. The Kier molecular flexibility index (Phi) is 3.87. The lowest BCUT2D eigenvalue weighted by atomic mass is 10.4. The third-order valence-corrected chi connectivity index (χ3v) is 2.63. The van der Waals surface area contributed by atoms with Crippen LogP contribution in [0, 0.1) is 6.92 Å². The van der Waals surface area contributed by atoms with Crippen LogP contribution in [0.1, 0.15) is 5.69 Å². The summed E-state index contributed by atoms with van der Waals surface area (Å²) in [6, 6.07) is 0. The highest BCUT2D eigenvalue weighted by Gasteiger charge is 2.29. The van der Waals surface area contributed by atoms with Crippen LogP contribution in [0.3, 0.4) is 0 Å². The van der Waals surface area contributed by atoms with Gasteiger partial charge in [-0.05, 0) is 6.92 Å². The molecule has 0 aliphatic rings. The van der Waals surface area contributed by atoms with E-state index in [1.807, 2.05) is 6.92 Å². The number of hydrogen-bond donors (Lipinski definition) is 2. The predicted molar refractivity (Wildman–Crippen MR) is 69.2 cm³/mol. The molecule has 0 amide bonds. The number of nitrogen functional groups attached to an aromatic ring is 1. The number of aromatic nitrogens is 4. The van der Waals surface area contributed by atoms with Crippen LogP contribution in [0.5, 0.6) is 5.88 Å². The minimum Gasteiger partial charge on any atom is -0.466 e. The van der Waals surface area contributed by atoms with Gasteiger partial charge in [-0.3, -0.25) is 4.68 Å². The van der Waals surface area contributed by atoms with Crippen molar-refractivity contribution in [3.63, 3.8) is 0 Å². The molecule has 0 bridgehead atoms. The van der Waals surface area contributed by atoms with Crippen LogP contribution in [0.2, 0.25) is 0 Å². The first kappa shape index (κ1) is 14.9. The highest BCUT2D eigenvalue weighted by Crippen LogP contribution is 2.24. The Morgan fingerprint density at radius 1 is 1.38 bits per heavy atom. The molecule has 0 saturated heterocycles. The van der Waals surface area contributed by atoms with Crippen molar-refractivity contribution in [1.29, 1.82) is 0 Å². The second kappa shape index (κ2) is 5.46. The summed E-state index contributed by atoms with van der Waals surface area (Å²) in [6.45, 7) is 0.341. The lowest BCUT2D eigenvalue weighted by molar-refractivity contribution is -0.153. The van der Waals surface area contributed by atoms with Gasteiger partial charge in [-0.2, -0.15) is 23.3 Å². The lowest BCUT2D eigenvalue weighted by Crippen LogP contribution is -2.20. The Bertz CT molecular complexity index is 639. The maximum absolute atomic E-state index is 12.1. The highest BCUT2D eigenvalue weighted by molar-refractivity contribution is 5.57. The summed E-state index contributed by atoms with van der Waals surface area (Å²) in [5.74, 6) is -0.260. The molecule has 0 radical (unpaired) electrons. The Labute approximate surface area is 117 Å². The SMILES string of the molecule is Cc1c(Nc2ncc(N)c(OCC(F)(F)F)n2)cnn1C. The van der Waals surface area contributed by atoms with Crippen LogP contribution in [-0.4, -0.2) is 32.5 Å². The average molecular weight is 302 g/mol. The zero-order valence-electron chi connectivity index (χ0n) is 11.3. The largest absolute Gasteiger partial charge is 0.466 e. The van der Waals surface area contributed by atoms with E-state index in [9.17, 15) is 13.2 Å². The first-order valence-corrected chi connectivity index (χ1v) is 5.84. The number of ether oxygens (including phenoxy) is 1. The average Bonchev–Trinajstić information content (AvgIpc) is 2.70. The van der Waals surface area contributed by atoms with Gasteiger partial charge in [-0.25, -0.2) is 4.98 Å². The quantitative estimate of drug-likeness (QED) is 0.894. The first-order chi connectivity index (χ1) is 9.76. The topological polar surface area (TPSA) is 90.9 Å². The number of anilines is 3. The molecule has 2 aromatic heterocycles. The summed E-state index contributed by atoms with van der Waals surface area (Å²) >= 11 is 0. The maximum Gasteiger partial charge on any atom is 0.422 e. The number of hydrogen-bond acceptors (Lipinski definition) is 6. The van der Waals surface area contributed by atoms with E-state index in [0.717, 1.165) is 5.69 Å². The van der Waals surface area contributed by atoms with E-state index < -0.39 is 12.8 Å². The van der Waals surface area contributed by atoms with E-state index >= 15 is 0 Å². The third-order valence-electron chi connectivity index (χ3n) is 2.63. The molecule has 21 heavy (non-hydrogen) atoms. The molecule has 2 rings (SSSR count). The smallest absolute Gasteiger partial charge is 0.422 e. The monoisotopic (exact) mass is 302 g/mol. The fraction of sp³-hybridized carbons (Fsp3) is 0.364. The fourth-order valence-electron chi connectivity index (χ4n) is 1.44. The Balaban J connectivity index is 2.16. The molecule has 0 aromatic carbocycles. The number of rotatable bonds is 4. The molecule has 114 valence electrons. The molecule has 3 N–H and O–H groups in total. The molecule has 0 spiro atoms. The first-order valence-electron chi connectivity index (χ1n) is 5.84. The van der Waals surface area contributed by atoms with Crippen molar-refractivity contribution >= 4 is 17.3 Å². The molecule has 0 aliphatic heterocycles. The number of nitrogens with zero attached hydrogens (tertiary/aromatic N) is 4. The van der Waals surface area contributed by atoms with Gasteiger partial charge in [0.15, 0.2) is 6.61 Å². The Morgan fingerprint density at radius 2 is 2.10 bits per heavy atom. The molecule has 0 atom stereocenters. The van der Waals surface area contributed by atoms with Crippen LogP contribution in [0.15, 0.2) is 12.4 Å². The highest BCUT2D eigenvalue weighted by atomic mass is 19.4. The van der Waals surface area contributed by atoms with Crippen LogP contribution >= 0.6 is 0 Å². The molecule has 0 unspecified atom stereocenters. The molecule has 0 saturated carbocycles. The van der Waals surface area contributed by atoms with Crippen molar-refractivity contribution < 1.29 is 17.9 Å². The van der Waals surface area contributed by atoms with Crippen LogP contribution < -0.4 is 15.8 Å². The van der Waals surface area contributed by atoms with Gasteiger partial charge in [0.05, 0.1) is 23.8 Å². The Morgan fingerprint density at radius 3 is 2.67 bits per heavy atom. The molecule has 2 aromatic rings. The maximum atomic E-state index is 12.1. The molecule has 7 nitrogen and oxygen atoms in total. The van der Waals surface area contributed by atoms with Crippen molar-refractivity contribution in [3.8, 4) is 5.88 Å². The molecule has 2 heterocycles. The van der Waals surface area contributed by atoms with Gasteiger partial charge in [-0.1, -0.05) is 0 Å². The van der Waals surface area contributed by atoms with E-state index in [1.54, 1.807) is 17.9 Å². The van der Waals surface area contributed by atoms with Crippen LogP contribution in [0.25, 0.3) is 0 Å². The number of nitrogens with one attached hydrogen (secondary N) is 1. The van der Waals surface area contributed by atoms with Crippen molar-refractivity contribution in [2.45, 2.75) is 13.1 Å². The van der Waals surface area contributed by atoms with Crippen LogP contribution in [-0.2, 0) is 7.05 Å². The van der Waals surface area contributed by atoms with E-state index in [1.165, 1.54) is 6.20 Å². The van der Waals surface area contributed by atoms with Gasteiger partial charge in [-0.15, -0.1) is 0 Å². The lowest BCUT2D eigenvalue weighted by Gasteiger charge is -2.11. The number of nitrogens with two attached hydrogens (primary N) is 1. The van der Waals surface area contributed by atoms with Crippen molar-refractivity contribution in [2.24, 2.45) is 7.05 Å². The molecular weight excluding hydrogens is 289 g/mol. The number of aryl methyl sites for hydroxylation is 1. The van der Waals surface area contributed by atoms with Gasteiger partial charge in [0.2, 0.25) is 11.8 Å². The zero-order chi connectivity index (χ0) is 15.6. The second-order valence-electron chi connectivity index (χ2n) is 4.25. The van der Waals surface area contributed by atoms with Crippen molar-refractivity contribution in [2.75, 3.05) is 17.7 Å².